The molecule has 0 aliphatic carbocycles. The molecular formula is C26H34N2O5. The van der Waals surface area contributed by atoms with Gasteiger partial charge in [-0.2, -0.15) is 0 Å². The molecule has 7 heteroatoms. The molecule has 0 heterocycles. The largest absolute Gasteiger partial charge is 0.481 e. The molecule has 2 atom stereocenters. The second-order valence-electron chi connectivity index (χ2n) is 8.23. The Morgan fingerprint density at radius 3 is 2.30 bits per heavy atom. The van der Waals surface area contributed by atoms with Crippen LogP contribution in [0.5, 0.6) is 0 Å². The van der Waals surface area contributed by atoms with Gasteiger partial charge in [0.05, 0.1) is 6.10 Å². The van der Waals surface area contributed by atoms with Gasteiger partial charge in [-0.1, -0.05) is 55.8 Å². The zero-order chi connectivity index (χ0) is 24.2. The highest BCUT2D eigenvalue weighted by atomic mass is 16.4. The molecule has 1 amide bonds. The summed E-state index contributed by atoms with van der Waals surface area (Å²) in [6, 6.07) is 14.3. The predicted octanol–water partition coefficient (Wildman–Crippen LogP) is 3.38. The lowest BCUT2D eigenvalue weighted by Crippen LogP contribution is -2.32. The monoisotopic (exact) mass is 454 g/mol. The lowest BCUT2D eigenvalue weighted by atomic mass is 9.98. The number of Topliss-reactive ketones (excluding diaryl/α,β-unsaturated/α-hetero) is 1. The number of hydrogen-bond acceptors (Lipinski definition) is 5. The summed E-state index contributed by atoms with van der Waals surface area (Å²) >= 11 is 0. The molecule has 0 spiro atoms. The van der Waals surface area contributed by atoms with E-state index in [0.29, 0.717) is 36.1 Å². The van der Waals surface area contributed by atoms with Crippen LogP contribution in [0, 0.1) is 5.92 Å². The van der Waals surface area contributed by atoms with Crippen molar-refractivity contribution >= 4 is 17.7 Å². The SMILES string of the molecule is CCCC(CNC(=O)c1ccccc1C(O)CNCCc1ccccc1C(C)=O)CC(=O)O. The molecule has 0 radical (unpaired) electrons. The van der Waals surface area contributed by atoms with Crippen LogP contribution < -0.4 is 10.6 Å². The fourth-order valence-corrected chi connectivity index (χ4v) is 3.91. The summed E-state index contributed by atoms with van der Waals surface area (Å²) in [7, 11) is 0. The van der Waals surface area contributed by atoms with E-state index in [9.17, 15) is 19.5 Å². The van der Waals surface area contributed by atoms with Gasteiger partial charge in [0.1, 0.15) is 0 Å². The van der Waals surface area contributed by atoms with Crippen molar-refractivity contribution in [3.05, 3.63) is 70.8 Å². The maximum absolute atomic E-state index is 12.8. The van der Waals surface area contributed by atoms with E-state index in [2.05, 4.69) is 10.6 Å². The highest BCUT2D eigenvalue weighted by molar-refractivity contribution is 5.96. The van der Waals surface area contributed by atoms with E-state index in [-0.39, 0.29) is 37.1 Å². The molecule has 0 aliphatic rings. The summed E-state index contributed by atoms with van der Waals surface area (Å²) in [5.74, 6) is -1.31. The number of aliphatic carboxylic acids is 1. The fraction of sp³-hybridized carbons (Fsp3) is 0.423. The number of ketones is 1. The number of carbonyl (C=O) groups is 3. The molecule has 2 rings (SSSR count). The summed E-state index contributed by atoms with van der Waals surface area (Å²) in [5, 5.41) is 25.8. The van der Waals surface area contributed by atoms with Crippen molar-refractivity contribution < 1.29 is 24.6 Å². The Morgan fingerprint density at radius 2 is 1.64 bits per heavy atom. The standard InChI is InChI=1S/C26H34N2O5/c1-3-8-19(15-25(31)32)16-28-26(33)23-12-7-6-11-22(23)24(30)17-27-14-13-20-9-4-5-10-21(20)18(2)29/h4-7,9-12,19,24,27,30H,3,8,13-17H2,1-2H3,(H,28,33)(H,31,32). The first kappa shape index (κ1) is 26.2. The number of carboxylic acids is 1. The van der Waals surface area contributed by atoms with Crippen molar-refractivity contribution in [2.45, 2.75) is 45.6 Å². The smallest absolute Gasteiger partial charge is 0.303 e. The Morgan fingerprint density at radius 1 is 0.970 bits per heavy atom. The molecule has 33 heavy (non-hydrogen) atoms. The van der Waals surface area contributed by atoms with Crippen LogP contribution in [0.4, 0.5) is 0 Å². The Balaban J connectivity index is 1.93. The number of aliphatic hydroxyl groups is 1. The van der Waals surface area contributed by atoms with Crippen LogP contribution in [0.15, 0.2) is 48.5 Å². The van der Waals surface area contributed by atoms with Gasteiger partial charge in [-0.05, 0) is 49.4 Å². The molecule has 2 unspecified atom stereocenters. The summed E-state index contributed by atoms with van der Waals surface area (Å²) in [5.41, 5.74) is 2.54. The molecule has 178 valence electrons. The number of hydrogen-bond donors (Lipinski definition) is 4. The first-order chi connectivity index (χ1) is 15.8. The quantitative estimate of drug-likeness (QED) is 0.257. The average Bonchev–Trinajstić information content (AvgIpc) is 2.80. The van der Waals surface area contributed by atoms with Crippen molar-refractivity contribution in [2.24, 2.45) is 5.92 Å². The average molecular weight is 455 g/mol. The van der Waals surface area contributed by atoms with E-state index in [0.717, 1.165) is 12.0 Å². The highest BCUT2D eigenvalue weighted by Gasteiger charge is 2.19. The van der Waals surface area contributed by atoms with E-state index in [1.54, 1.807) is 31.2 Å². The number of carbonyl (C=O) groups excluding carboxylic acids is 2. The maximum Gasteiger partial charge on any atom is 0.303 e. The molecule has 0 aliphatic heterocycles. The first-order valence-corrected chi connectivity index (χ1v) is 11.4. The van der Waals surface area contributed by atoms with E-state index < -0.39 is 12.1 Å². The molecule has 7 nitrogen and oxygen atoms in total. The molecule has 0 bridgehead atoms. The number of benzene rings is 2. The van der Waals surface area contributed by atoms with Gasteiger partial charge in [-0.3, -0.25) is 14.4 Å². The number of nitrogens with one attached hydrogen (secondary N) is 2. The normalized spacial score (nSPS) is 12.7. The van der Waals surface area contributed by atoms with Gasteiger partial charge in [0.25, 0.3) is 5.91 Å². The zero-order valence-electron chi connectivity index (χ0n) is 19.3. The van der Waals surface area contributed by atoms with Crippen LogP contribution in [0.25, 0.3) is 0 Å². The van der Waals surface area contributed by atoms with E-state index in [1.165, 1.54) is 0 Å². The Hall–Kier alpha value is -3.03. The van der Waals surface area contributed by atoms with Crippen LogP contribution in [-0.4, -0.2) is 47.5 Å². The topological polar surface area (TPSA) is 116 Å². The van der Waals surface area contributed by atoms with Crippen molar-refractivity contribution in [3.63, 3.8) is 0 Å². The number of aliphatic hydroxyl groups excluding tert-OH is 1. The van der Waals surface area contributed by atoms with E-state index in [4.69, 9.17) is 5.11 Å². The second kappa shape index (κ2) is 13.5. The summed E-state index contributed by atoms with van der Waals surface area (Å²) in [4.78, 5) is 35.5. The van der Waals surface area contributed by atoms with E-state index >= 15 is 0 Å². The number of carboxylic acid groups (broad SMARTS) is 1. The first-order valence-electron chi connectivity index (χ1n) is 11.4. The lowest BCUT2D eigenvalue weighted by molar-refractivity contribution is -0.138. The third kappa shape index (κ3) is 8.44. The van der Waals surface area contributed by atoms with Gasteiger partial charge in [-0.15, -0.1) is 0 Å². The molecule has 2 aromatic carbocycles. The van der Waals surface area contributed by atoms with Crippen molar-refractivity contribution in [2.75, 3.05) is 19.6 Å². The van der Waals surface area contributed by atoms with Gasteiger partial charge >= 0.3 is 5.97 Å². The molecule has 0 saturated heterocycles. The van der Waals surface area contributed by atoms with Crippen molar-refractivity contribution in [1.82, 2.24) is 10.6 Å². The van der Waals surface area contributed by atoms with Crippen molar-refractivity contribution in [1.29, 1.82) is 0 Å². The predicted molar refractivity (Wildman–Crippen MR) is 127 cm³/mol. The van der Waals surface area contributed by atoms with Gasteiger partial charge < -0.3 is 20.8 Å². The van der Waals surface area contributed by atoms with Crippen LogP contribution in [-0.2, 0) is 11.2 Å². The Labute approximate surface area is 195 Å². The molecule has 0 saturated carbocycles. The molecule has 0 fully saturated rings. The summed E-state index contributed by atoms with van der Waals surface area (Å²) in [6.07, 6.45) is 1.32. The van der Waals surface area contributed by atoms with Crippen LogP contribution >= 0.6 is 0 Å². The van der Waals surface area contributed by atoms with Crippen molar-refractivity contribution in [3.8, 4) is 0 Å². The fourth-order valence-electron chi connectivity index (χ4n) is 3.91. The third-order valence-corrected chi connectivity index (χ3v) is 5.58. The van der Waals surface area contributed by atoms with Gasteiger partial charge in [0, 0.05) is 30.6 Å². The molecular weight excluding hydrogens is 420 g/mol. The van der Waals surface area contributed by atoms with E-state index in [1.807, 2.05) is 31.2 Å². The number of rotatable bonds is 14. The minimum absolute atomic E-state index is 0.00900. The van der Waals surface area contributed by atoms with Crippen LogP contribution in [0.3, 0.4) is 0 Å². The molecule has 4 N–H and O–H groups in total. The summed E-state index contributed by atoms with van der Waals surface area (Å²) in [6.45, 7) is 4.63. The Kier molecular flexibility index (Phi) is 10.7. The minimum atomic E-state index is -0.888. The van der Waals surface area contributed by atoms with Crippen LogP contribution in [0.2, 0.25) is 0 Å². The van der Waals surface area contributed by atoms with Gasteiger partial charge in [0.2, 0.25) is 0 Å². The minimum Gasteiger partial charge on any atom is -0.481 e. The maximum atomic E-state index is 12.8. The second-order valence-corrected chi connectivity index (χ2v) is 8.23. The number of amides is 1. The molecule has 0 aromatic heterocycles. The van der Waals surface area contributed by atoms with Gasteiger partial charge in [0.15, 0.2) is 5.78 Å². The molecule has 2 aromatic rings. The zero-order valence-corrected chi connectivity index (χ0v) is 19.3. The van der Waals surface area contributed by atoms with Gasteiger partial charge in [-0.25, -0.2) is 0 Å². The third-order valence-electron chi connectivity index (χ3n) is 5.58. The lowest BCUT2D eigenvalue weighted by Gasteiger charge is -2.18. The van der Waals surface area contributed by atoms with Crippen LogP contribution in [0.1, 0.15) is 71.1 Å². The Bertz CT molecular complexity index is 944. The summed E-state index contributed by atoms with van der Waals surface area (Å²) < 4.78 is 0. The highest BCUT2D eigenvalue weighted by Crippen LogP contribution is 2.18.